The van der Waals surface area contributed by atoms with Gasteiger partial charge in [0.25, 0.3) is 0 Å². The maximum Gasteiger partial charge on any atom is 0.224 e. The van der Waals surface area contributed by atoms with Crippen molar-refractivity contribution in [1.29, 1.82) is 0 Å². The summed E-state index contributed by atoms with van der Waals surface area (Å²) >= 11 is 0. The van der Waals surface area contributed by atoms with Gasteiger partial charge in [-0.1, -0.05) is 12.1 Å². The zero-order valence-electron chi connectivity index (χ0n) is 12.1. The molecule has 1 N–H and O–H groups in total. The third-order valence-electron chi connectivity index (χ3n) is 4.03. The van der Waals surface area contributed by atoms with E-state index in [2.05, 4.69) is 10.3 Å². The molecule has 1 aromatic heterocycles. The molecule has 3 rings (SSSR count). The molecule has 1 aliphatic carbocycles. The molecule has 2 aromatic rings. The number of hydrogen-bond acceptors (Lipinski definition) is 2. The van der Waals surface area contributed by atoms with Crippen LogP contribution in [0.3, 0.4) is 0 Å². The van der Waals surface area contributed by atoms with Crippen molar-refractivity contribution in [3.8, 4) is 0 Å². The van der Waals surface area contributed by atoms with Crippen LogP contribution in [0.25, 0.3) is 0 Å². The van der Waals surface area contributed by atoms with Crippen LogP contribution in [0.15, 0.2) is 42.7 Å². The average Bonchev–Trinajstić information content (AvgIpc) is 3.28. The number of nitrogens with zero attached hydrogens (tertiary/aromatic N) is 1. The Morgan fingerprint density at radius 3 is 2.86 bits per heavy atom. The minimum atomic E-state index is -0.604. The van der Waals surface area contributed by atoms with E-state index < -0.39 is 11.6 Å². The van der Waals surface area contributed by atoms with Crippen molar-refractivity contribution >= 4 is 5.91 Å². The second-order valence-electron chi connectivity index (χ2n) is 5.63. The number of nitrogens with one attached hydrogen (secondary N) is 1. The van der Waals surface area contributed by atoms with E-state index in [4.69, 9.17) is 0 Å². The summed E-state index contributed by atoms with van der Waals surface area (Å²) in [6.45, 7) is 1.88. The Hall–Kier alpha value is -2.30. The Bertz CT molecular complexity index is 690. The maximum atomic E-state index is 13.7. The van der Waals surface area contributed by atoms with Gasteiger partial charge in [-0.05, 0) is 42.5 Å². The fourth-order valence-corrected chi connectivity index (χ4v) is 2.67. The summed E-state index contributed by atoms with van der Waals surface area (Å²) in [7, 11) is 0. The van der Waals surface area contributed by atoms with Gasteiger partial charge in [-0.25, -0.2) is 8.78 Å². The Balaban J connectivity index is 1.63. The Kier molecular flexibility index (Phi) is 3.88. The number of hydrogen-bond donors (Lipinski definition) is 1. The van der Waals surface area contributed by atoms with Crippen LogP contribution >= 0.6 is 0 Å². The first-order valence-corrected chi connectivity index (χ1v) is 7.21. The normalized spacial score (nSPS) is 21.2. The van der Waals surface area contributed by atoms with E-state index in [1.807, 2.05) is 19.1 Å². The maximum absolute atomic E-state index is 13.7. The van der Waals surface area contributed by atoms with Crippen LogP contribution in [0.5, 0.6) is 0 Å². The number of benzene rings is 1. The van der Waals surface area contributed by atoms with Gasteiger partial charge in [0.2, 0.25) is 5.91 Å². The van der Waals surface area contributed by atoms with Gasteiger partial charge in [0.1, 0.15) is 11.6 Å². The summed E-state index contributed by atoms with van der Waals surface area (Å²) in [5.41, 5.74) is 1.33. The van der Waals surface area contributed by atoms with Crippen LogP contribution in [0.1, 0.15) is 36.4 Å². The molecule has 3 nitrogen and oxygen atoms in total. The van der Waals surface area contributed by atoms with Gasteiger partial charge in [0.05, 0.1) is 6.04 Å². The minimum absolute atomic E-state index is 0.106. The van der Waals surface area contributed by atoms with Crippen molar-refractivity contribution in [3.63, 3.8) is 0 Å². The van der Waals surface area contributed by atoms with Gasteiger partial charge in [0, 0.05) is 24.4 Å². The fraction of sp³-hybridized carbons (Fsp3) is 0.294. The van der Waals surface area contributed by atoms with Crippen LogP contribution in [-0.4, -0.2) is 10.9 Å². The summed E-state index contributed by atoms with van der Waals surface area (Å²) in [5.74, 6) is -1.71. The topological polar surface area (TPSA) is 42.0 Å². The molecule has 0 aliphatic heterocycles. The number of carbonyl (C=O) groups is 1. The van der Waals surface area contributed by atoms with Crippen molar-refractivity contribution < 1.29 is 13.6 Å². The smallest absolute Gasteiger partial charge is 0.224 e. The lowest BCUT2D eigenvalue weighted by molar-refractivity contribution is -0.123. The summed E-state index contributed by atoms with van der Waals surface area (Å²) in [5, 5.41) is 2.91. The molecule has 114 valence electrons. The lowest BCUT2D eigenvalue weighted by Gasteiger charge is -2.14. The first-order chi connectivity index (χ1) is 10.6. The largest absolute Gasteiger partial charge is 0.349 e. The molecule has 1 aromatic carbocycles. The van der Waals surface area contributed by atoms with Gasteiger partial charge >= 0.3 is 0 Å². The molecule has 0 unspecified atom stereocenters. The number of amides is 1. The van der Waals surface area contributed by atoms with Gasteiger partial charge < -0.3 is 5.32 Å². The highest BCUT2D eigenvalue weighted by Crippen LogP contribution is 2.48. The van der Waals surface area contributed by atoms with Crippen molar-refractivity contribution in [2.24, 2.45) is 5.92 Å². The van der Waals surface area contributed by atoms with E-state index >= 15 is 0 Å². The molecule has 3 atom stereocenters. The van der Waals surface area contributed by atoms with Crippen molar-refractivity contribution in [1.82, 2.24) is 10.3 Å². The molecule has 0 bridgehead atoms. The number of aromatic nitrogens is 1. The number of pyridine rings is 1. The summed E-state index contributed by atoms with van der Waals surface area (Å²) in [4.78, 5) is 16.2. The predicted octanol–water partition coefficient (Wildman–Crippen LogP) is 3.34. The van der Waals surface area contributed by atoms with Gasteiger partial charge in [-0.3, -0.25) is 9.78 Å². The van der Waals surface area contributed by atoms with E-state index in [1.54, 1.807) is 12.4 Å². The summed E-state index contributed by atoms with van der Waals surface area (Å²) in [6.07, 6.45) is 3.97. The molecule has 1 fully saturated rings. The molecule has 1 amide bonds. The third-order valence-corrected chi connectivity index (χ3v) is 4.03. The molecular weight excluding hydrogens is 286 g/mol. The molecule has 1 heterocycles. The van der Waals surface area contributed by atoms with Crippen LogP contribution in [0, 0.1) is 17.6 Å². The molecule has 1 saturated carbocycles. The van der Waals surface area contributed by atoms with E-state index in [1.165, 1.54) is 12.1 Å². The third kappa shape index (κ3) is 2.98. The number of carbonyl (C=O) groups excluding carboxylic acids is 1. The second-order valence-corrected chi connectivity index (χ2v) is 5.63. The number of halogens is 2. The van der Waals surface area contributed by atoms with Crippen molar-refractivity contribution in [2.75, 3.05) is 0 Å². The predicted molar refractivity (Wildman–Crippen MR) is 78.0 cm³/mol. The Labute approximate surface area is 127 Å². The molecule has 0 spiro atoms. The van der Waals surface area contributed by atoms with Crippen LogP contribution in [0.4, 0.5) is 8.78 Å². The van der Waals surface area contributed by atoms with E-state index in [-0.39, 0.29) is 23.8 Å². The highest BCUT2D eigenvalue weighted by molar-refractivity contribution is 5.83. The highest BCUT2D eigenvalue weighted by atomic mass is 19.1. The van der Waals surface area contributed by atoms with Crippen molar-refractivity contribution in [3.05, 3.63) is 65.5 Å². The first-order valence-electron chi connectivity index (χ1n) is 7.21. The lowest BCUT2D eigenvalue weighted by atomic mass is 10.1. The monoisotopic (exact) mass is 302 g/mol. The Morgan fingerprint density at radius 2 is 2.18 bits per heavy atom. The fourth-order valence-electron chi connectivity index (χ4n) is 2.67. The summed E-state index contributed by atoms with van der Waals surface area (Å²) in [6, 6.07) is 7.06. The van der Waals surface area contributed by atoms with E-state index in [0.29, 0.717) is 12.0 Å². The zero-order chi connectivity index (χ0) is 15.7. The van der Waals surface area contributed by atoms with E-state index in [9.17, 15) is 13.6 Å². The quantitative estimate of drug-likeness (QED) is 0.941. The second kappa shape index (κ2) is 5.83. The van der Waals surface area contributed by atoms with Crippen LogP contribution in [-0.2, 0) is 4.79 Å². The minimum Gasteiger partial charge on any atom is -0.349 e. The number of rotatable bonds is 4. The SMILES string of the molecule is C[C@H](NC(=O)[C@H]1C[C@H]1c1ccc(F)cc1F)c1cccnc1. The van der Waals surface area contributed by atoms with Gasteiger partial charge in [0.15, 0.2) is 0 Å². The van der Waals surface area contributed by atoms with Gasteiger partial charge in [-0.15, -0.1) is 0 Å². The van der Waals surface area contributed by atoms with Crippen LogP contribution in [0.2, 0.25) is 0 Å². The molecule has 1 aliphatic rings. The van der Waals surface area contributed by atoms with Gasteiger partial charge in [-0.2, -0.15) is 0 Å². The average molecular weight is 302 g/mol. The molecule has 5 heteroatoms. The van der Waals surface area contributed by atoms with E-state index in [0.717, 1.165) is 11.6 Å². The van der Waals surface area contributed by atoms with Crippen molar-refractivity contribution in [2.45, 2.75) is 25.3 Å². The standard InChI is InChI=1S/C17H16F2N2O/c1-10(11-3-2-6-20-9-11)21-17(22)15-8-14(15)13-5-4-12(18)7-16(13)19/h2-7,9-10,14-15H,8H2,1H3,(H,21,22)/t10-,14-,15-/m0/s1. The zero-order valence-corrected chi connectivity index (χ0v) is 12.1. The molecule has 22 heavy (non-hydrogen) atoms. The Morgan fingerprint density at radius 1 is 1.36 bits per heavy atom. The highest BCUT2D eigenvalue weighted by Gasteiger charge is 2.45. The lowest BCUT2D eigenvalue weighted by Crippen LogP contribution is -2.28. The first kappa shape index (κ1) is 14.6. The molecular formula is C17H16F2N2O. The molecule has 0 saturated heterocycles. The summed E-state index contributed by atoms with van der Waals surface area (Å²) < 4.78 is 26.6. The molecule has 0 radical (unpaired) electrons. The van der Waals surface area contributed by atoms with Crippen LogP contribution < -0.4 is 5.32 Å².